The normalized spacial score (nSPS) is 19.9. The molecule has 1 rings (SSSR count). The molecule has 0 spiro atoms. The van der Waals surface area contributed by atoms with E-state index < -0.39 is 12.0 Å². The molecule has 2 unspecified atom stereocenters. The van der Waals surface area contributed by atoms with Crippen LogP contribution in [0.25, 0.3) is 0 Å². The Morgan fingerprint density at radius 1 is 1.42 bits per heavy atom. The second-order valence-electron chi connectivity index (χ2n) is 4.65. The van der Waals surface area contributed by atoms with Gasteiger partial charge in [0.25, 0.3) is 0 Å². The van der Waals surface area contributed by atoms with Gasteiger partial charge in [-0.1, -0.05) is 0 Å². The van der Waals surface area contributed by atoms with E-state index in [0.29, 0.717) is 19.5 Å². The molecule has 3 N–H and O–H groups in total. The average Bonchev–Trinajstić information content (AvgIpc) is 2.76. The van der Waals surface area contributed by atoms with Crippen molar-refractivity contribution < 1.29 is 19.5 Å². The number of urea groups is 1. The maximum atomic E-state index is 12.0. The molecule has 7 heteroatoms. The van der Waals surface area contributed by atoms with Gasteiger partial charge in [-0.15, -0.1) is 0 Å². The van der Waals surface area contributed by atoms with Crippen LogP contribution in [0.4, 0.5) is 4.79 Å². The van der Waals surface area contributed by atoms with E-state index in [2.05, 4.69) is 10.6 Å². The van der Waals surface area contributed by atoms with E-state index in [-0.39, 0.29) is 24.4 Å². The Labute approximate surface area is 112 Å². The zero-order chi connectivity index (χ0) is 14.4. The second-order valence-corrected chi connectivity index (χ2v) is 4.65. The summed E-state index contributed by atoms with van der Waals surface area (Å²) in [5, 5.41) is 14.0. The fourth-order valence-electron chi connectivity index (χ4n) is 2.18. The minimum absolute atomic E-state index is 0.0526. The lowest BCUT2D eigenvalue weighted by Gasteiger charge is -2.25. The Bertz CT molecular complexity index is 359. The van der Waals surface area contributed by atoms with Crippen molar-refractivity contribution in [3.05, 3.63) is 0 Å². The van der Waals surface area contributed by atoms with Gasteiger partial charge in [0.2, 0.25) is 5.91 Å². The molecule has 19 heavy (non-hydrogen) atoms. The van der Waals surface area contributed by atoms with E-state index in [9.17, 15) is 14.4 Å². The van der Waals surface area contributed by atoms with Gasteiger partial charge >= 0.3 is 12.0 Å². The number of hydrogen-bond donors (Lipinski definition) is 3. The summed E-state index contributed by atoms with van der Waals surface area (Å²) < 4.78 is 0. The molecule has 7 nitrogen and oxygen atoms in total. The number of carbonyl (C=O) groups excluding carboxylic acids is 2. The van der Waals surface area contributed by atoms with Gasteiger partial charge in [0, 0.05) is 19.1 Å². The lowest BCUT2D eigenvalue weighted by molar-refractivity contribution is -0.138. The average molecular weight is 271 g/mol. The van der Waals surface area contributed by atoms with Crippen molar-refractivity contribution in [3.8, 4) is 0 Å². The van der Waals surface area contributed by atoms with Gasteiger partial charge in [-0.05, 0) is 26.7 Å². The smallest absolute Gasteiger partial charge is 0.318 e. The first-order chi connectivity index (χ1) is 8.95. The molecule has 0 aromatic rings. The van der Waals surface area contributed by atoms with Gasteiger partial charge in [-0.3, -0.25) is 9.59 Å². The van der Waals surface area contributed by atoms with Crippen molar-refractivity contribution in [2.45, 2.75) is 45.2 Å². The monoisotopic (exact) mass is 271 g/mol. The number of amides is 3. The van der Waals surface area contributed by atoms with Crippen LogP contribution in [0.3, 0.4) is 0 Å². The summed E-state index contributed by atoms with van der Waals surface area (Å²) in [4.78, 5) is 35.7. The van der Waals surface area contributed by atoms with Crippen LogP contribution in [0.2, 0.25) is 0 Å². The highest BCUT2D eigenvalue weighted by molar-refractivity contribution is 5.87. The molecule has 1 aliphatic rings. The van der Waals surface area contributed by atoms with Crippen LogP contribution in [0, 0.1) is 0 Å². The van der Waals surface area contributed by atoms with E-state index in [0.717, 1.165) is 6.42 Å². The number of likely N-dealkylation sites (N-methyl/N-ethyl adjacent to an activating group) is 1. The van der Waals surface area contributed by atoms with E-state index in [4.69, 9.17) is 5.11 Å². The lowest BCUT2D eigenvalue weighted by Crippen LogP contribution is -2.51. The zero-order valence-electron chi connectivity index (χ0n) is 11.3. The van der Waals surface area contributed by atoms with Crippen LogP contribution in [0.1, 0.15) is 33.1 Å². The molecule has 0 aromatic heterocycles. The van der Waals surface area contributed by atoms with E-state index in [1.165, 1.54) is 4.90 Å². The van der Waals surface area contributed by atoms with Crippen molar-refractivity contribution in [3.63, 3.8) is 0 Å². The highest BCUT2D eigenvalue weighted by atomic mass is 16.4. The van der Waals surface area contributed by atoms with Crippen LogP contribution < -0.4 is 10.6 Å². The van der Waals surface area contributed by atoms with Gasteiger partial charge < -0.3 is 20.6 Å². The molecule has 0 bridgehead atoms. The molecule has 0 aliphatic carbocycles. The van der Waals surface area contributed by atoms with E-state index in [1.807, 2.05) is 0 Å². The molecule has 2 atom stereocenters. The Morgan fingerprint density at radius 3 is 2.68 bits per heavy atom. The Kier molecular flexibility index (Phi) is 5.59. The molecular formula is C12H21N3O4. The number of nitrogens with zero attached hydrogens (tertiary/aromatic N) is 1. The molecule has 0 saturated carbocycles. The fraction of sp³-hybridized carbons (Fsp3) is 0.750. The summed E-state index contributed by atoms with van der Waals surface area (Å²) in [5.41, 5.74) is 0. The standard InChI is InChI=1S/C12H21N3O4/c1-3-13-11(18)8(2)14-12(19)15-6-4-5-9(15)7-10(16)17/h8-9H,3-7H2,1-2H3,(H,13,18)(H,14,19)(H,16,17). The molecule has 1 aliphatic heterocycles. The number of hydrogen-bond acceptors (Lipinski definition) is 3. The van der Waals surface area contributed by atoms with Crippen LogP contribution in [-0.4, -0.2) is 53.1 Å². The summed E-state index contributed by atoms with van der Waals surface area (Å²) in [6, 6.07) is -1.28. The molecule has 0 radical (unpaired) electrons. The highest BCUT2D eigenvalue weighted by Gasteiger charge is 2.31. The van der Waals surface area contributed by atoms with Crippen molar-refractivity contribution in [1.29, 1.82) is 0 Å². The third-order valence-corrected chi connectivity index (χ3v) is 3.13. The van der Waals surface area contributed by atoms with Crippen molar-refractivity contribution in [2.24, 2.45) is 0 Å². The Morgan fingerprint density at radius 2 is 2.11 bits per heavy atom. The molecule has 1 heterocycles. The lowest BCUT2D eigenvalue weighted by atomic mass is 10.1. The number of nitrogens with one attached hydrogen (secondary N) is 2. The molecule has 3 amide bonds. The number of rotatable bonds is 5. The molecule has 1 fully saturated rings. The summed E-state index contributed by atoms with van der Waals surface area (Å²) >= 11 is 0. The number of carboxylic acids is 1. The molecule has 1 saturated heterocycles. The predicted molar refractivity (Wildman–Crippen MR) is 68.7 cm³/mol. The third-order valence-electron chi connectivity index (χ3n) is 3.13. The summed E-state index contributed by atoms with van der Waals surface area (Å²) in [6.07, 6.45) is 1.43. The molecule has 108 valence electrons. The SMILES string of the molecule is CCNC(=O)C(C)NC(=O)N1CCCC1CC(=O)O. The third kappa shape index (κ3) is 4.42. The summed E-state index contributed by atoms with van der Waals surface area (Å²) in [5.74, 6) is -1.16. The second kappa shape index (κ2) is 6.96. The van der Waals surface area contributed by atoms with Crippen LogP contribution >= 0.6 is 0 Å². The van der Waals surface area contributed by atoms with Gasteiger partial charge in [-0.2, -0.15) is 0 Å². The fourth-order valence-corrected chi connectivity index (χ4v) is 2.18. The van der Waals surface area contributed by atoms with Gasteiger partial charge in [-0.25, -0.2) is 4.79 Å². The van der Waals surface area contributed by atoms with Crippen molar-refractivity contribution in [1.82, 2.24) is 15.5 Å². The Hall–Kier alpha value is -1.79. The van der Waals surface area contributed by atoms with Gasteiger partial charge in [0.05, 0.1) is 6.42 Å². The molecular weight excluding hydrogens is 250 g/mol. The van der Waals surface area contributed by atoms with Crippen LogP contribution in [0.5, 0.6) is 0 Å². The van der Waals surface area contributed by atoms with Gasteiger partial charge in [0.1, 0.15) is 6.04 Å². The summed E-state index contributed by atoms with van der Waals surface area (Å²) in [7, 11) is 0. The number of carbonyl (C=O) groups is 3. The quantitative estimate of drug-likeness (QED) is 0.663. The molecule has 0 aromatic carbocycles. The van der Waals surface area contributed by atoms with Crippen molar-refractivity contribution in [2.75, 3.05) is 13.1 Å². The van der Waals surface area contributed by atoms with Crippen molar-refractivity contribution >= 4 is 17.9 Å². The van der Waals surface area contributed by atoms with Crippen LogP contribution in [-0.2, 0) is 9.59 Å². The maximum Gasteiger partial charge on any atom is 0.318 e. The van der Waals surface area contributed by atoms with E-state index >= 15 is 0 Å². The maximum absolute atomic E-state index is 12.0. The zero-order valence-corrected chi connectivity index (χ0v) is 11.3. The topological polar surface area (TPSA) is 98.7 Å². The van der Waals surface area contributed by atoms with Crippen LogP contribution in [0.15, 0.2) is 0 Å². The first-order valence-electron chi connectivity index (χ1n) is 6.52. The number of likely N-dealkylation sites (tertiary alicyclic amines) is 1. The predicted octanol–water partition coefficient (Wildman–Crippen LogP) is 0.160. The Balaban J connectivity index is 2.52. The number of carboxylic acid groups (broad SMARTS) is 1. The van der Waals surface area contributed by atoms with Gasteiger partial charge in [0.15, 0.2) is 0 Å². The number of aliphatic carboxylic acids is 1. The first-order valence-corrected chi connectivity index (χ1v) is 6.52. The largest absolute Gasteiger partial charge is 0.481 e. The first kappa shape index (κ1) is 15.3. The van der Waals surface area contributed by atoms with E-state index in [1.54, 1.807) is 13.8 Å². The minimum atomic E-state index is -0.915. The minimum Gasteiger partial charge on any atom is -0.481 e. The highest BCUT2D eigenvalue weighted by Crippen LogP contribution is 2.20. The summed E-state index contributed by atoms with van der Waals surface area (Å²) in [6.45, 7) is 4.44.